The molecule has 40 heavy (non-hydrogen) atoms. The van der Waals surface area contributed by atoms with Crippen LogP contribution < -0.4 is 20.3 Å². The van der Waals surface area contributed by atoms with Crippen LogP contribution in [0.3, 0.4) is 0 Å². The molecular weight excluding hydrogens is 619 g/mol. The summed E-state index contributed by atoms with van der Waals surface area (Å²) in [7, 11) is 1.57. The van der Waals surface area contributed by atoms with Crippen LogP contribution in [-0.2, 0) is 11.4 Å². The van der Waals surface area contributed by atoms with Crippen molar-refractivity contribution in [3.8, 4) is 5.75 Å². The standard InChI is InChI=1S/C28H23BrCl2N6O3/c1-16-26(29)37-12-4-6-23(27(37)34-16)40-15-19-20(30)8-10-22(25(19)31)36(2)24(38)14-33-28(39)35-18-7-9-21-17(13-18)5-3-11-32-21/h3-13H,14-15H2,1-2H3,(H2,33,35,39). The molecule has 0 fully saturated rings. The molecule has 9 nitrogen and oxygen atoms in total. The van der Waals surface area contributed by atoms with Crippen molar-refractivity contribution < 1.29 is 14.3 Å². The molecule has 3 aromatic heterocycles. The van der Waals surface area contributed by atoms with Crippen molar-refractivity contribution in [1.82, 2.24) is 19.7 Å². The van der Waals surface area contributed by atoms with Gasteiger partial charge in [-0.25, -0.2) is 9.78 Å². The van der Waals surface area contributed by atoms with E-state index in [-0.39, 0.29) is 24.1 Å². The molecule has 2 N–H and O–H groups in total. The summed E-state index contributed by atoms with van der Waals surface area (Å²) in [5, 5.41) is 6.86. The number of imidazole rings is 1. The topological polar surface area (TPSA) is 101 Å². The number of carbonyl (C=O) groups is 2. The summed E-state index contributed by atoms with van der Waals surface area (Å²) in [6.45, 7) is 1.70. The first-order chi connectivity index (χ1) is 19.2. The molecule has 0 bridgehead atoms. The van der Waals surface area contributed by atoms with Gasteiger partial charge >= 0.3 is 6.03 Å². The number of rotatable bonds is 7. The predicted octanol–water partition coefficient (Wildman–Crippen LogP) is 6.62. The Morgan fingerprint density at radius 1 is 1.12 bits per heavy atom. The second-order valence-corrected chi connectivity index (χ2v) is 10.4. The van der Waals surface area contributed by atoms with E-state index in [9.17, 15) is 9.59 Å². The number of halogens is 3. The number of hydrogen-bond acceptors (Lipinski definition) is 5. The van der Waals surface area contributed by atoms with Crippen molar-refractivity contribution in [2.24, 2.45) is 0 Å². The molecule has 0 aliphatic carbocycles. The van der Waals surface area contributed by atoms with E-state index in [0.717, 1.165) is 21.2 Å². The van der Waals surface area contributed by atoms with Gasteiger partial charge in [0.05, 0.1) is 28.5 Å². The lowest BCUT2D eigenvalue weighted by molar-refractivity contribution is -0.117. The Labute approximate surface area is 248 Å². The van der Waals surface area contributed by atoms with Gasteiger partial charge in [-0.1, -0.05) is 29.3 Å². The monoisotopic (exact) mass is 640 g/mol. The van der Waals surface area contributed by atoms with Crippen molar-refractivity contribution in [1.29, 1.82) is 0 Å². The van der Waals surface area contributed by atoms with Gasteiger partial charge in [0.1, 0.15) is 11.2 Å². The SMILES string of the molecule is Cc1nc2c(OCc3c(Cl)ccc(N(C)C(=O)CNC(=O)Nc4ccc5ncccc5c4)c3Cl)cccn2c1Br. The van der Waals surface area contributed by atoms with E-state index in [1.165, 1.54) is 4.90 Å². The number of likely N-dealkylation sites (N-methyl/N-ethyl adjacent to an activating group) is 1. The second-order valence-electron chi connectivity index (χ2n) is 8.87. The van der Waals surface area contributed by atoms with Crippen LogP contribution in [0.5, 0.6) is 5.75 Å². The molecule has 0 aliphatic rings. The lowest BCUT2D eigenvalue weighted by atomic mass is 10.2. The number of benzene rings is 2. The van der Waals surface area contributed by atoms with E-state index in [2.05, 4.69) is 36.5 Å². The third kappa shape index (κ3) is 5.70. The molecule has 0 spiro atoms. The summed E-state index contributed by atoms with van der Waals surface area (Å²) >= 11 is 16.7. The first-order valence-electron chi connectivity index (χ1n) is 12.1. The lowest BCUT2D eigenvalue weighted by Crippen LogP contribution is -2.40. The fraction of sp³-hybridized carbons (Fsp3) is 0.143. The smallest absolute Gasteiger partial charge is 0.319 e. The fourth-order valence-electron chi connectivity index (χ4n) is 4.10. The van der Waals surface area contributed by atoms with Crippen molar-refractivity contribution in [2.45, 2.75) is 13.5 Å². The Hall–Kier alpha value is -3.86. The zero-order valence-corrected chi connectivity index (χ0v) is 24.5. The van der Waals surface area contributed by atoms with E-state index >= 15 is 0 Å². The van der Waals surface area contributed by atoms with Gasteiger partial charge in [-0.3, -0.25) is 14.2 Å². The summed E-state index contributed by atoms with van der Waals surface area (Å²) in [5.41, 5.74) is 3.81. The fourth-order valence-corrected chi connectivity index (χ4v) is 5.09. The number of nitrogens with zero attached hydrogens (tertiary/aromatic N) is 4. The second kappa shape index (κ2) is 11.7. The van der Waals surface area contributed by atoms with Crippen LogP contribution in [0.15, 0.2) is 71.6 Å². The number of ether oxygens (including phenoxy) is 1. The third-order valence-corrected chi connectivity index (χ3v) is 7.98. The molecule has 3 heterocycles. The molecule has 3 amide bonds. The first kappa shape index (κ1) is 27.7. The highest BCUT2D eigenvalue weighted by atomic mass is 79.9. The van der Waals surface area contributed by atoms with Gasteiger partial charge in [-0.15, -0.1) is 0 Å². The van der Waals surface area contributed by atoms with Gasteiger partial charge in [0.25, 0.3) is 0 Å². The maximum Gasteiger partial charge on any atom is 0.319 e. The normalized spacial score (nSPS) is 11.0. The highest BCUT2D eigenvalue weighted by Gasteiger charge is 2.20. The number of hydrogen-bond donors (Lipinski definition) is 2. The van der Waals surface area contributed by atoms with Crippen molar-refractivity contribution in [3.05, 3.63) is 92.9 Å². The van der Waals surface area contributed by atoms with Crippen molar-refractivity contribution >= 4 is 79.0 Å². The minimum absolute atomic E-state index is 0.0542. The maximum atomic E-state index is 12.9. The number of amides is 3. The van der Waals surface area contributed by atoms with Crippen LogP contribution in [0, 0.1) is 6.92 Å². The Kier molecular flexibility index (Phi) is 8.11. The predicted molar refractivity (Wildman–Crippen MR) is 161 cm³/mol. The minimum Gasteiger partial charge on any atom is -0.485 e. The average Bonchev–Trinajstić information content (AvgIpc) is 3.25. The van der Waals surface area contributed by atoms with Gasteiger partial charge in [0.15, 0.2) is 11.4 Å². The maximum absolute atomic E-state index is 12.9. The van der Waals surface area contributed by atoms with Crippen LogP contribution in [0.25, 0.3) is 16.6 Å². The van der Waals surface area contributed by atoms with Crippen LogP contribution in [0.2, 0.25) is 10.0 Å². The molecule has 12 heteroatoms. The minimum atomic E-state index is -0.517. The molecule has 0 saturated carbocycles. The third-order valence-electron chi connectivity index (χ3n) is 6.25. The van der Waals surface area contributed by atoms with E-state index in [4.69, 9.17) is 27.9 Å². The molecule has 0 atom stereocenters. The number of urea groups is 1. The Morgan fingerprint density at radius 2 is 1.95 bits per heavy atom. The van der Waals surface area contributed by atoms with E-state index < -0.39 is 6.03 Å². The number of nitrogens with one attached hydrogen (secondary N) is 2. The number of pyridine rings is 2. The zero-order valence-electron chi connectivity index (χ0n) is 21.4. The molecule has 5 rings (SSSR count). The van der Waals surface area contributed by atoms with Gasteiger partial charge in [-0.05, 0) is 71.4 Å². The molecule has 204 valence electrons. The van der Waals surface area contributed by atoms with Crippen molar-refractivity contribution in [2.75, 3.05) is 23.8 Å². The highest BCUT2D eigenvalue weighted by Crippen LogP contribution is 2.35. The van der Waals surface area contributed by atoms with Gasteiger partial charge in [0.2, 0.25) is 5.91 Å². The molecule has 0 radical (unpaired) electrons. The number of fused-ring (bicyclic) bond motifs is 2. The Morgan fingerprint density at radius 3 is 2.77 bits per heavy atom. The zero-order chi connectivity index (χ0) is 28.4. The molecular formula is C28H23BrCl2N6O3. The lowest BCUT2D eigenvalue weighted by Gasteiger charge is -2.21. The molecule has 2 aromatic carbocycles. The van der Waals surface area contributed by atoms with Crippen molar-refractivity contribution in [3.63, 3.8) is 0 Å². The molecule has 0 saturated heterocycles. The Bertz CT molecular complexity index is 1760. The van der Waals surface area contributed by atoms with Crippen LogP contribution in [0.1, 0.15) is 11.3 Å². The summed E-state index contributed by atoms with van der Waals surface area (Å²) in [6.07, 6.45) is 3.58. The quantitative estimate of drug-likeness (QED) is 0.208. The largest absolute Gasteiger partial charge is 0.485 e. The first-order valence-corrected chi connectivity index (χ1v) is 13.7. The van der Waals surface area contributed by atoms with E-state index in [0.29, 0.717) is 33.4 Å². The van der Waals surface area contributed by atoms with E-state index in [1.807, 2.05) is 41.8 Å². The number of anilines is 2. The number of aromatic nitrogens is 3. The van der Waals surface area contributed by atoms with Crippen LogP contribution in [-0.4, -0.2) is 39.9 Å². The number of aryl methyl sites for hydroxylation is 1. The van der Waals surface area contributed by atoms with Gasteiger partial charge in [0, 0.05) is 41.1 Å². The Balaban J connectivity index is 1.24. The van der Waals surface area contributed by atoms with E-state index in [1.54, 1.807) is 43.6 Å². The molecule has 0 unspecified atom stereocenters. The summed E-state index contributed by atoms with van der Waals surface area (Å²) in [4.78, 5) is 35.5. The van der Waals surface area contributed by atoms with Gasteiger partial charge < -0.3 is 20.3 Å². The summed E-state index contributed by atoms with van der Waals surface area (Å²) in [6, 6.07) is 15.5. The van der Waals surface area contributed by atoms with Crippen LogP contribution in [0.4, 0.5) is 16.2 Å². The van der Waals surface area contributed by atoms with Gasteiger partial charge in [-0.2, -0.15) is 0 Å². The average molecular weight is 642 g/mol. The summed E-state index contributed by atoms with van der Waals surface area (Å²) in [5.74, 6) is 0.174. The summed E-state index contributed by atoms with van der Waals surface area (Å²) < 4.78 is 8.76. The highest BCUT2D eigenvalue weighted by molar-refractivity contribution is 9.10. The molecule has 5 aromatic rings. The number of carbonyl (C=O) groups excluding carboxylic acids is 2. The van der Waals surface area contributed by atoms with Crippen LogP contribution >= 0.6 is 39.1 Å². The molecule has 0 aliphatic heterocycles.